The molecule has 1 saturated heterocycles. The van der Waals surface area contributed by atoms with Crippen LogP contribution >= 0.6 is 23.4 Å². The highest BCUT2D eigenvalue weighted by Gasteiger charge is 2.24. The summed E-state index contributed by atoms with van der Waals surface area (Å²) >= 11 is 7.48. The Labute approximate surface area is 195 Å². The number of non-ortho nitro benzene ring substituents is 1. The van der Waals surface area contributed by atoms with Crippen molar-refractivity contribution in [1.82, 2.24) is 14.8 Å². The van der Waals surface area contributed by atoms with Crippen molar-refractivity contribution in [3.05, 3.63) is 80.6 Å². The molecule has 8 nitrogen and oxygen atoms in total. The maximum atomic E-state index is 11.1. The first-order chi connectivity index (χ1) is 15.5. The Balaban J connectivity index is 1.53. The fourth-order valence-electron chi connectivity index (χ4n) is 3.72. The van der Waals surface area contributed by atoms with Gasteiger partial charge in [-0.15, -0.1) is 10.2 Å². The first-order valence-electron chi connectivity index (χ1n) is 10.4. The highest BCUT2D eigenvalue weighted by molar-refractivity contribution is 7.98. The van der Waals surface area contributed by atoms with Gasteiger partial charge in [-0.2, -0.15) is 0 Å². The van der Waals surface area contributed by atoms with E-state index in [1.807, 2.05) is 34.9 Å². The monoisotopic (exact) mass is 473 g/mol. The number of nitro benzene ring substituents is 1. The van der Waals surface area contributed by atoms with Crippen LogP contribution in [0.25, 0.3) is 0 Å². The summed E-state index contributed by atoms with van der Waals surface area (Å²) in [5, 5.41) is 21.3. The van der Waals surface area contributed by atoms with E-state index in [1.54, 1.807) is 12.1 Å². The molecule has 0 saturated carbocycles. The van der Waals surface area contributed by atoms with Crippen molar-refractivity contribution in [1.29, 1.82) is 0 Å². The minimum absolute atomic E-state index is 0.0783. The van der Waals surface area contributed by atoms with Crippen LogP contribution in [0, 0.1) is 10.1 Å². The van der Waals surface area contributed by atoms with Crippen molar-refractivity contribution in [2.45, 2.75) is 48.9 Å². The number of nitrogens with two attached hydrogens (primary N) is 1. The van der Waals surface area contributed by atoms with E-state index in [9.17, 15) is 10.1 Å². The zero-order chi connectivity index (χ0) is 22.5. The average molecular weight is 474 g/mol. The molecule has 2 unspecified atom stereocenters. The van der Waals surface area contributed by atoms with Crippen molar-refractivity contribution >= 4 is 29.1 Å². The van der Waals surface area contributed by atoms with Gasteiger partial charge in [0.05, 0.1) is 23.6 Å². The molecular formula is C22H24ClN5O3S. The molecule has 1 aliphatic heterocycles. The lowest BCUT2D eigenvalue weighted by Gasteiger charge is -2.18. The maximum Gasteiger partial charge on any atom is 0.269 e. The fraction of sp³-hybridized carbons (Fsp3) is 0.364. The zero-order valence-corrected chi connectivity index (χ0v) is 19.0. The molecule has 2 atom stereocenters. The van der Waals surface area contributed by atoms with Crippen LogP contribution in [0.5, 0.6) is 0 Å². The topological polar surface area (TPSA) is 109 Å². The van der Waals surface area contributed by atoms with Crippen molar-refractivity contribution in [2.75, 3.05) is 6.61 Å². The fourth-order valence-corrected chi connectivity index (χ4v) is 4.74. The molecule has 32 heavy (non-hydrogen) atoms. The molecule has 2 N–H and O–H groups in total. The van der Waals surface area contributed by atoms with E-state index in [1.165, 1.54) is 17.8 Å². The number of thioether (sulfide) groups is 1. The molecule has 0 aliphatic carbocycles. The van der Waals surface area contributed by atoms with Gasteiger partial charge in [-0.1, -0.05) is 47.6 Å². The predicted octanol–water partition coefficient (Wildman–Crippen LogP) is 4.55. The standard InChI is InChI=1S/C22H24ClN5O3S/c23-17-8-6-15(7-9-17)12-20(24)21-25-26-22(27(21)13-19-5-2-10-31-19)32-14-16-3-1-4-18(11-16)28(29)30/h1,3-4,6-9,11,19-20H,2,5,10,12-14,24H2. The molecule has 4 rings (SSSR count). The summed E-state index contributed by atoms with van der Waals surface area (Å²) in [6, 6.07) is 13.9. The van der Waals surface area contributed by atoms with E-state index >= 15 is 0 Å². The summed E-state index contributed by atoms with van der Waals surface area (Å²) in [4.78, 5) is 10.7. The van der Waals surface area contributed by atoms with Gasteiger partial charge >= 0.3 is 0 Å². The SMILES string of the molecule is NC(Cc1ccc(Cl)cc1)c1nnc(SCc2cccc([N+](=O)[O-])c2)n1CC1CCCO1. The second-order valence-corrected chi connectivity index (χ2v) is 9.12. The summed E-state index contributed by atoms with van der Waals surface area (Å²) < 4.78 is 7.88. The van der Waals surface area contributed by atoms with Gasteiger partial charge < -0.3 is 15.0 Å². The molecular weight excluding hydrogens is 450 g/mol. The van der Waals surface area contributed by atoms with Gasteiger partial charge in [0, 0.05) is 29.5 Å². The minimum Gasteiger partial charge on any atom is -0.376 e. The van der Waals surface area contributed by atoms with Gasteiger partial charge in [-0.25, -0.2) is 0 Å². The normalized spacial score (nSPS) is 16.9. The van der Waals surface area contributed by atoms with E-state index in [-0.39, 0.29) is 22.8 Å². The number of rotatable bonds is 9. The third-order valence-electron chi connectivity index (χ3n) is 5.35. The predicted molar refractivity (Wildman–Crippen MR) is 124 cm³/mol. The highest BCUT2D eigenvalue weighted by atomic mass is 35.5. The molecule has 1 aromatic heterocycles. The van der Waals surface area contributed by atoms with E-state index in [2.05, 4.69) is 10.2 Å². The van der Waals surface area contributed by atoms with Gasteiger partial charge in [0.15, 0.2) is 11.0 Å². The zero-order valence-electron chi connectivity index (χ0n) is 17.4. The van der Waals surface area contributed by atoms with E-state index in [0.29, 0.717) is 29.6 Å². The quantitative estimate of drug-likeness (QED) is 0.275. The second kappa shape index (κ2) is 10.4. The van der Waals surface area contributed by atoms with Crippen LogP contribution in [0.1, 0.15) is 35.8 Å². The van der Waals surface area contributed by atoms with Gasteiger partial charge in [0.1, 0.15) is 0 Å². The molecule has 2 heterocycles. The van der Waals surface area contributed by atoms with Gasteiger partial charge in [0.2, 0.25) is 0 Å². The van der Waals surface area contributed by atoms with Crippen molar-refractivity contribution < 1.29 is 9.66 Å². The molecule has 10 heteroatoms. The number of ether oxygens (including phenoxy) is 1. The second-order valence-electron chi connectivity index (χ2n) is 7.74. The van der Waals surface area contributed by atoms with Crippen LogP contribution in [0.3, 0.4) is 0 Å². The third-order valence-corrected chi connectivity index (χ3v) is 6.64. The Bertz CT molecular complexity index is 1070. The molecule has 1 aliphatic rings. The summed E-state index contributed by atoms with van der Waals surface area (Å²) in [5.41, 5.74) is 8.53. The summed E-state index contributed by atoms with van der Waals surface area (Å²) in [5.74, 6) is 1.24. The van der Waals surface area contributed by atoms with Gasteiger partial charge in [0.25, 0.3) is 5.69 Å². The number of nitrogens with zero attached hydrogens (tertiary/aromatic N) is 4. The van der Waals surface area contributed by atoms with E-state index in [0.717, 1.165) is 35.7 Å². The van der Waals surface area contributed by atoms with Crippen molar-refractivity contribution in [3.63, 3.8) is 0 Å². The summed E-state index contributed by atoms with van der Waals surface area (Å²) in [7, 11) is 0. The molecule has 0 radical (unpaired) electrons. The Hall–Kier alpha value is -2.46. The average Bonchev–Trinajstić information content (AvgIpc) is 3.44. The number of halogens is 1. The lowest BCUT2D eigenvalue weighted by atomic mass is 10.1. The van der Waals surface area contributed by atoms with Crippen LogP contribution in [-0.4, -0.2) is 32.4 Å². The number of benzene rings is 2. The molecule has 0 spiro atoms. The first-order valence-corrected chi connectivity index (χ1v) is 11.8. The Kier molecular flexibility index (Phi) is 7.41. The number of hydrogen-bond acceptors (Lipinski definition) is 7. The van der Waals surface area contributed by atoms with Crippen LogP contribution in [-0.2, 0) is 23.5 Å². The van der Waals surface area contributed by atoms with Gasteiger partial charge in [-0.05, 0) is 42.5 Å². The number of nitro groups is 1. The molecule has 1 fully saturated rings. The largest absolute Gasteiger partial charge is 0.376 e. The van der Waals surface area contributed by atoms with Crippen molar-refractivity contribution in [2.24, 2.45) is 5.73 Å². The van der Waals surface area contributed by atoms with Crippen molar-refractivity contribution in [3.8, 4) is 0 Å². The molecule has 0 bridgehead atoms. The highest BCUT2D eigenvalue weighted by Crippen LogP contribution is 2.28. The lowest BCUT2D eigenvalue weighted by Crippen LogP contribution is -2.23. The van der Waals surface area contributed by atoms with Crippen LogP contribution in [0.15, 0.2) is 53.7 Å². The Morgan fingerprint density at radius 1 is 1.25 bits per heavy atom. The van der Waals surface area contributed by atoms with E-state index in [4.69, 9.17) is 22.1 Å². The number of hydrogen-bond donors (Lipinski definition) is 1. The maximum absolute atomic E-state index is 11.1. The van der Waals surface area contributed by atoms with Crippen LogP contribution in [0.4, 0.5) is 5.69 Å². The summed E-state index contributed by atoms with van der Waals surface area (Å²) in [6.07, 6.45) is 2.73. The number of aromatic nitrogens is 3. The first kappa shape index (κ1) is 22.7. The lowest BCUT2D eigenvalue weighted by molar-refractivity contribution is -0.384. The van der Waals surface area contributed by atoms with Gasteiger partial charge in [-0.3, -0.25) is 10.1 Å². The molecule has 3 aromatic rings. The smallest absolute Gasteiger partial charge is 0.269 e. The third kappa shape index (κ3) is 5.66. The van der Waals surface area contributed by atoms with Crippen LogP contribution in [0.2, 0.25) is 5.02 Å². The molecule has 168 valence electrons. The minimum atomic E-state index is -0.387. The Morgan fingerprint density at radius 3 is 2.78 bits per heavy atom. The summed E-state index contributed by atoms with van der Waals surface area (Å²) in [6.45, 7) is 1.39. The molecule has 0 amide bonds. The van der Waals surface area contributed by atoms with E-state index < -0.39 is 0 Å². The van der Waals surface area contributed by atoms with Crippen LogP contribution < -0.4 is 5.73 Å². The molecule has 2 aromatic carbocycles. The Morgan fingerprint density at radius 2 is 2.06 bits per heavy atom.